The van der Waals surface area contributed by atoms with Crippen molar-refractivity contribution < 1.29 is 4.74 Å². The van der Waals surface area contributed by atoms with Crippen LogP contribution < -0.4 is 10.2 Å². The summed E-state index contributed by atoms with van der Waals surface area (Å²) in [5.74, 6) is 1.56. The Balaban J connectivity index is 2.22. The molecule has 0 amide bonds. The van der Waals surface area contributed by atoms with Gasteiger partial charge in [-0.25, -0.2) is 4.68 Å². The molecular weight excluding hydrogens is 258 g/mol. The molecule has 0 unspecified atom stereocenters. The first-order valence-corrected chi connectivity index (χ1v) is 6.47. The number of likely N-dealkylation sites (N-methyl/N-ethyl adjacent to an activating group) is 1. The highest BCUT2D eigenvalue weighted by atomic mass is 16.5. The summed E-state index contributed by atoms with van der Waals surface area (Å²) in [5.41, 5.74) is 0. The lowest BCUT2D eigenvalue weighted by Crippen LogP contribution is -2.25. The fraction of sp³-hybridized carbons (Fsp3) is 0.500. The minimum atomic E-state index is 0.479. The Hall–Kier alpha value is -2.22. The maximum atomic E-state index is 5.34. The monoisotopic (exact) mass is 277 g/mol. The molecule has 0 bridgehead atoms. The van der Waals surface area contributed by atoms with Crippen LogP contribution in [0.15, 0.2) is 18.5 Å². The zero-order valence-electron chi connectivity index (χ0n) is 11.9. The maximum Gasteiger partial charge on any atom is 0.257 e. The van der Waals surface area contributed by atoms with E-state index in [9.17, 15) is 0 Å². The van der Waals surface area contributed by atoms with Crippen LogP contribution in [0.3, 0.4) is 0 Å². The van der Waals surface area contributed by atoms with Crippen molar-refractivity contribution in [1.82, 2.24) is 24.7 Å². The largest absolute Gasteiger partial charge is 0.380 e. The summed E-state index contributed by atoms with van der Waals surface area (Å²) in [6, 6.07) is 1.82. The number of hydrogen-bond acceptors (Lipinski definition) is 7. The van der Waals surface area contributed by atoms with Crippen LogP contribution in [0.4, 0.5) is 11.9 Å². The van der Waals surface area contributed by atoms with Crippen molar-refractivity contribution in [3.63, 3.8) is 0 Å². The van der Waals surface area contributed by atoms with Crippen LogP contribution in [0.5, 0.6) is 0 Å². The number of hydrogen-bond donors (Lipinski definition) is 1. The molecular formula is C12H19N7O. The Morgan fingerprint density at radius 2 is 2.20 bits per heavy atom. The standard InChI is InChI=1S/C12H19N7O/c1-4-20-9-8-18(3)11-15-10(13-2)16-12(17-11)19-7-5-6-14-19/h5-7H,4,8-9H2,1-3H3,(H,13,15,16,17). The lowest BCUT2D eigenvalue weighted by molar-refractivity contribution is 0.154. The fourth-order valence-electron chi connectivity index (χ4n) is 1.57. The molecule has 0 atom stereocenters. The average molecular weight is 277 g/mol. The second-order valence-corrected chi connectivity index (χ2v) is 4.08. The Kier molecular flexibility index (Phi) is 4.83. The summed E-state index contributed by atoms with van der Waals surface area (Å²) < 4.78 is 6.94. The first-order chi connectivity index (χ1) is 9.74. The molecule has 8 heteroatoms. The second-order valence-electron chi connectivity index (χ2n) is 4.08. The summed E-state index contributed by atoms with van der Waals surface area (Å²) in [4.78, 5) is 15.0. The van der Waals surface area contributed by atoms with Crippen molar-refractivity contribution in [3.05, 3.63) is 18.5 Å². The van der Waals surface area contributed by atoms with Gasteiger partial charge in [0.05, 0.1) is 6.61 Å². The Morgan fingerprint density at radius 3 is 2.85 bits per heavy atom. The molecule has 2 rings (SSSR count). The van der Waals surface area contributed by atoms with E-state index in [2.05, 4.69) is 25.4 Å². The van der Waals surface area contributed by atoms with Crippen LogP contribution in [0.25, 0.3) is 5.95 Å². The Labute approximate surface area is 117 Å². The highest BCUT2D eigenvalue weighted by Gasteiger charge is 2.11. The number of ether oxygens (including phenoxy) is 1. The van der Waals surface area contributed by atoms with Crippen molar-refractivity contribution in [2.24, 2.45) is 0 Å². The van der Waals surface area contributed by atoms with Crippen molar-refractivity contribution in [3.8, 4) is 5.95 Å². The van der Waals surface area contributed by atoms with Crippen molar-refractivity contribution in [1.29, 1.82) is 0 Å². The Morgan fingerprint density at radius 1 is 1.35 bits per heavy atom. The van der Waals surface area contributed by atoms with Crippen molar-refractivity contribution in [2.75, 3.05) is 44.1 Å². The van der Waals surface area contributed by atoms with Gasteiger partial charge in [-0.1, -0.05) is 0 Å². The van der Waals surface area contributed by atoms with E-state index in [0.29, 0.717) is 37.6 Å². The zero-order valence-corrected chi connectivity index (χ0v) is 11.9. The van der Waals surface area contributed by atoms with Crippen LogP contribution in [0, 0.1) is 0 Å². The van der Waals surface area contributed by atoms with Gasteiger partial charge in [-0.2, -0.15) is 20.1 Å². The van der Waals surface area contributed by atoms with Crippen molar-refractivity contribution in [2.45, 2.75) is 6.92 Å². The first kappa shape index (κ1) is 14.2. The lowest BCUT2D eigenvalue weighted by atomic mass is 10.6. The highest BCUT2D eigenvalue weighted by Crippen LogP contribution is 2.11. The molecule has 0 spiro atoms. The molecule has 0 aliphatic rings. The molecule has 0 saturated carbocycles. The molecule has 0 aliphatic heterocycles. The van der Waals surface area contributed by atoms with Gasteiger partial charge in [0.25, 0.3) is 5.95 Å². The third-order valence-corrected chi connectivity index (χ3v) is 2.66. The molecule has 0 aliphatic carbocycles. The van der Waals surface area contributed by atoms with Crippen LogP contribution in [0.1, 0.15) is 6.92 Å². The van der Waals surface area contributed by atoms with Crippen LogP contribution in [0.2, 0.25) is 0 Å². The highest BCUT2D eigenvalue weighted by molar-refractivity contribution is 5.38. The lowest BCUT2D eigenvalue weighted by Gasteiger charge is -2.17. The molecule has 8 nitrogen and oxygen atoms in total. The van der Waals surface area contributed by atoms with Gasteiger partial charge >= 0.3 is 0 Å². The zero-order chi connectivity index (χ0) is 14.4. The molecule has 0 radical (unpaired) electrons. The number of anilines is 2. The van der Waals surface area contributed by atoms with Gasteiger partial charge in [0.1, 0.15) is 0 Å². The smallest absolute Gasteiger partial charge is 0.257 e. The maximum absolute atomic E-state index is 5.34. The number of nitrogens with zero attached hydrogens (tertiary/aromatic N) is 6. The molecule has 20 heavy (non-hydrogen) atoms. The SMILES string of the molecule is CCOCCN(C)c1nc(NC)nc(-n2cccn2)n1. The minimum Gasteiger partial charge on any atom is -0.380 e. The summed E-state index contributed by atoms with van der Waals surface area (Å²) in [6.07, 6.45) is 3.47. The van der Waals surface area contributed by atoms with E-state index < -0.39 is 0 Å². The summed E-state index contributed by atoms with van der Waals surface area (Å²) >= 11 is 0. The third kappa shape index (κ3) is 3.41. The van der Waals surface area contributed by atoms with E-state index in [1.54, 1.807) is 24.1 Å². The number of nitrogens with one attached hydrogen (secondary N) is 1. The van der Waals surface area contributed by atoms with E-state index >= 15 is 0 Å². The number of rotatable bonds is 7. The van der Waals surface area contributed by atoms with Gasteiger partial charge in [-0.3, -0.25) is 0 Å². The summed E-state index contributed by atoms with van der Waals surface area (Å²) in [6.45, 7) is 4.01. The molecule has 1 N–H and O–H groups in total. The van der Waals surface area contributed by atoms with Gasteiger partial charge < -0.3 is 15.0 Å². The van der Waals surface area contributed by atoms with Crippen LogP contribution >= 0.6 is 0 Å². The fourth-order valence-corrected chi connectivity index (χ4v) is 1.57. The molecule has 0 aromatic carbocycles. The van der Waals surface area contributed by atoms with E-state index in [0.717, 1.165) is 0 Å². The molecule has 0 fully saturated rings. The van der Waals surface area contributed by atoms with E-state index in [1.165, 1.54) is 0 Å². The molecule has 0 saturated heterocycles. The molecule has 2 heterocycles. The summed E-state index contributed by atoms with van der Waals surface area (Å²) in [7, 11) is 3.69. The first-order valence-electron chi connectivity index (χ1n) is 6.47. The third-order valence-electron chi connectivity index (χ3n) is 2.66. The topological polar surface area (TPSA) is 81.0 Å². The molecule has 108 valence electrons. The predicted octanol–water partition coefficient (Wildman–Crippen LogP) is 0.572. The quantitative estimate of drug-likeness (QED) is 0.741. The van der Waals surface area contributed by atoms with Gasteiger partial charge in [-0.05, 0) is 13.0 Å². The van der Waals surface area contributed by atoms with E-state index in [4.69, 9.17) is 4.74 Å². The predicted molar refractivity (Wildman–Crippen MR) is 76.3 cm³/mol. The summed E-state index contributed by atoms with van der Waals surface area (Å²) in [5, 5.41) is 7.06. The van der Waals surface area contributed by atoms with Gasteiger partial charge in [0.15, 0.2) is 0 Å². The van der Waals surface area contributed by atoms with Crippen molar-refractivity contribution >= 4 is 11.9 Å². The van der Waals surface area contributed by atoms with Crippen LogP contribution in [-0.2, 0) is 4.74 Å². The van der Waals surface area contributed by atoms with Crippen LogP contribution in [-0.4, -0.2) is 58.6 Å². The molecule has 2 aromatic rings. The Bertz CT molecular complexity index is 529. The minimum absolute atomic E-state index is 0.479. The van der Waals surface area contributed by atoms with E-state index in [1.807, 2.05) is 24.9 Å². The second kappa shape index (κ2) is 6.80. The van der Waals surface area contributed by atoms with E-state index in [-0.39, 0.29) is 0 Å². The van der Waals surface area contributed by atoms with Gasteiger partial charge in [0.2, 0.25) is 11.9 Å². The normalized spacial score (nSPS) is 10.6. The number of aromatic nitrogens is 5. The van der Waals surface area contributed by atoms with Gasteiger partial charge in [0, 0.05) is 39.6 Å². The molecule has 2 aromatic heterocycles. The average Bonchev–Trinajstić information content (AvgIpc) is 3.01. The van der Waals surface area contributed by atoms with Gasteiger partial charge in [-0.15, -0.1) is 0 Å².